The van der Waals surface area contributed by atoms with Gasteiger partial charge in [-0.3, -0.25) is 9.36 Å². The van der Waals surface area contributed by atoms with Crippen LogP contribution in [0.1, 0.15) is 52.9 Å². The van der Waals surface area contributed by atoms with Crippen LogP contribution in [0.2, 0.25) is 0 Å². The SMILES string of the molecule is CC1(C)[C@@H]2CC[C@@]1(C)/C(=N/NC(=O)CCCn1c(=O)oc3ccccc31)C2. The second-order valence-corrected chi connectivity index (χ2v) is 8.68. The Bertz CT molecular complexity index is 968. The zero-order chi connectivity index (χ0) is 19.2. The first-order chi connectivity index (χ1) is 12.8. The van der Waals surface area contributed by atoms with Gasteiger partial charge in [0.25, 0.3) is 0 Å². The number of hydrogen-bond acceptors (Lipinski definition) is 4. The third-order valence-electron chi connectivity index (χ3n) is 7.19. The highest BCUT2D eigenvalue weighted by Crippen LogP contribution is 2.63. The molecule has 0 aliphatic heterocycles. The van der Waals surface area contributed by atoms with Gasteiger partial charge in [-0.25, -0.2) is 10.2 Å². The van der Waals surface area contributed by atoms with E-state index in [9.17, 15) is 9.59 Å². The molecule has 2 atom stereocenters. The lowest BCUT2D eigenvalue weighted by atomic mass is 9.70. The van der Waals surface area contributed by atoms with E-state index in [1.54, 1.807) is 10.6 Å². The smallest absolute Gasteiger partial charge is 0.408 e. The van der Waals surface area contributed by atoms with Crippen molar-refractivity contribution in [1.82, 2.24) is 9.99 Å². The molecule has 6 heteroatoms. The van der Waals surface area contributed by atoms with Gasteiger partial charge in [0.2, 0.25) is 5.91 Å². The molecule has 0 spiro atoms. The number of nitrogens with one attached hydrogen (secondary N) is 1. The van der Waals surface area contributed by atoms with Crippen molar-refractivity contribution in [2.45, 2.75) is 59.4 Å². The van der Waals surface area contributed by atoms with Gasteiger partial charge in [0.05, 0.1) is 5.52 Å². The number of aryl methyl sites for hydroxylation is 1. The predicted molar refractivity (Wildman–Crippen MR) is 105 cm³/mol. The number of benzene rings is 1. The molecular weight excluding hydrogens is 342 g/mol. The summed E-state index contributed by atoms with van der Waals surface area (Å²) in [6, 6.07) is 7.32. The minimum atomic E-state index is -0.381. The number of hydrazone groups is 1. The molecule has 0 radical (unpaired) electrons. The Morgan fingerprint density at radius 1 is 1.33 bits per heavy atom. The first kappa shape index (κ1) is 18.0. The molecule has 1 N–H and O–H groups in total. The molecule has 2 aliphatic rings. The molecule has 2 aliphatic carbocycles. The normalized spacial score (nSPS) is 27.5. The first-order valence-corrected chi connectivity index (χ1v) is 9.77. The van der Waals surface area contributed by atoms with Gasteiger partial charge in [-0.05, 0) is 49.1 Å². The highest BCUT2D eigenvalue weighted by Gasteiger charge is 2.59. The van der Waals surface area contributed by atoms with Crippen LogP contribution in [-0.2, 0) is 11.3 Å². The minimum Gasteiger partial charge on any atom is -0.408 e. The molecule has 4 rings (SSSR count). The number of amides is 1. The summed E-state index contributed by atoms with van der Waals surface area (Å²) in [5.74, 6) is 0.181. The lowest BCUT2D eigenvalue weighted by molar-refractivity contribution is -0.121. The number of carbonyl (C=O) groups is 1. The van der Waals surface area contributed by atoms with Crippen LogP contribution < -0.4 is 11.2 Å². The Labute approximate surface area is 158 Å². The summed E-state index contributed by atoms with van der Waals surface area (Å²) in [7, 11) is 0. The van der Waals surface area contributed by atoms with Gasteiger partial charge < -0.3 is 4.42 Å². The predicted octanol–water partition coefficient (Wildman–Crippen LogP) is 3.69. The molecule has 1 amide bonds. The van der Waals surface area contributed by atoms with Crippen molar-refractivity contribution in [2.75, 3.05) is 0 Å². The van der Waals surface area contributed by atoms with Gasteiger partial charge >= 0.3 is 5.76 Å². The minimum absolute atomic E-state index is 0.0912. The van der Waals surface area contributed by atoms with Crippen LogP contribution in [0, 0.1) is 16.7 Å². The third kappa shape index (κ3) is 2.82. The van der Waals surface area contributed by atoms with Gasteiger partial charge in [0.1, 0.15) is 0 Å². The lowest BCUT2D eigenvalue weighted by Crippen LogP contribution is -2.34. The largest absolute Gasteiger partial charge is 0.419 e. The van der Waals surface area contributed by atoms with Crippen LogP contribution in [0.4, 0.5) is 0 Å². The summed E-state index contributed by atoms with van der Waals surface area (Å²) in [5.41, 5.74) is 5.56. The number of hydrogen-bond donors (Lipinski definition) is 1. The molecule has 0 unspecified atom stereocenters. The number of oxazole rings is 1. The average Bonchev–Trinajstić information content (AvgIpc) is 3.14. The van der Waals surface area contributed by atoms with E-state index in [0.717, 1.165) is 24.1 Å². The number of carbonyl (C=O) groups excluding carboxylic acids is 1. The number of nitrogens with zero attached hydrogens (tertiary/aromatic N) is 2. The Kier molecular flexibility index (Phi) is 4.24. The van der Waals surface area contributed by atoms with Crippen molar-refractivity contribution < 1.29 is 9.21 Å². The molecule has 6 nitrogen and oxygen atoms in total. The summed E-state index contributed by atoms with van der Waals surface area (Å²) < 4.78 is 6.79. The number of rotatable bonds is 5. The maximum atomic E-state index is 12.2. The number of fused-ring (bicyclic) bond motifs is 3. The molecule has 144 valence electrons. The van der Waals surface area contributed by atoms with E-state index in [0.29, 0.717) is 30.9 Å². The summed E-state index contributed by atoms with van der Waals surface area (Å²) >= 11 is 0. The van der Waals surface area contributed by atoms with Crippen LogP contribution in [0.15, 0.2) is 38.6 Å². The zero-order valence-corrected chi connectivity index (χ0v) is 16.2. The van der Waals surface area contributed by atoms with Crippen LogP contribution in [0.5, 0.6) is 0 Å². The fraction of sp³-hybridized carbons (Fsp3) is 0.571. The van der Waals surface area contributed by atoms with Crippen molar-refractivity contribution in [3.05, 3.63) is 34.8 Å². The molecule has 27 heavy (non-hydrogen) atoms. The van der Waals surface area contributed by atoms with Crippen molar-refractivity contribution in [1.29, 1.82) is 0 Å². The standard InChI is InChI=1S/C21H27N3O3/c1-20(2)14-10-11-21(20,3)17(13-14)22-23-18(25)9-6-12-24-15-7-4-5-8-16(15)27-19(24)26/h4-5,7-8,14H,6,9-13H2,1-3H3,(H,23,25)/b22-17+/t14-,21+/m1/s1. The van der Waals surface area contributed by atoms with E-state index in [-0.39, 0.29) is 22.5 Å². The molecule has 1 aromatic heterocycles. The second kappa shape index (κ2) is 6.36. The van der Waals surface area contributed by atoms with Crippen molar-refractivity contribution in [2.24, 2.45) is 21.8 Å². The van der Waals surface area contributed by atoms with E-state index in [2.05, 4.69) is 31.3 Å². The average molecular weight is 369 g/mol. The second-order valence-electron chi connectivity index (χ2n) is 8.68. The summed E-state index contributed by atoms with van der Waals surface area (Å²) in [4.78, 5) is 24.2. The van der Waals surface area contributed by atoms with Gasteiger partial charge in [-0.1, -0.05) is 32.9 Å². The maximum Gasteiger partial charge on any atom is 0.419 e. The number of para-hydroxylation sites is 2. The summed E-state index contributed by atoms with van der Waals surface area (Å²) in [6.07, 6.45) is 4.28. The van der Waals surface area contributed by atoms with Crippen LogP contribution in [0.25, 0.3) is 11.1 Å². The summed E-state index contributed by atoms with van der Waals surface area (Å²) in [6.45, 7) is 7.37. The molecule has 2 aromatic rings. The highest BCUT2D eigenvalue weighted by molar-refractivity contribution is 5.95. The van der Waals surface area contributed by atoms with E-state index < -0.39 is 0 Å². The fourth-order valence-corrected chi connectivity index (χ4v) is 4.91. The molecule has 2 fully saturated rings. The van der Waals surface area contributed by atoms with Crippen LogP contribution in [0.3, 0.4) is 0 Å². The Hall–Kier alpha value is -2.37. The van der Waals surface area contributed by atoms with Crippen LogP contribution in [-0.4, -0.2) is 16.2 Å². The topological polar surface area (TPSA) is 76.6 Å². The van der Waals surface area contributed by atoms with E-state index in [1.807, 2.05) is 18.2 Å². The highest BCUT2D eigenvalue weighted by atomic mass is 16.4. The van der Waals surface area contributed by atoms with E-state index in [4.69, 9.17) is 4.42 Å². The Balaban J connectivity index is 1.34. The van der Waals surface area contributed by atoms with Crippen LogP contribution >= 0.6 is 0 Å². The molecular formula is C21H27N3O3. The number of aromatic nitrogens is 1. The van der Waals surface area contributed by atoms with Gasteiger partial charge in [0.15, 0.2) is 5.58 Å². The monoisotopic (exact) mass is 369 g/mol. The van der Waals surface area contributed by atoms with Gasteiger partial charge in [-0.2, -0.15) is 5.10 Å². The summed E-state index contributed by atoms with van der Waals surface area (Å²) in [5, 5.41) is 4.49. The third-order valence-corrected chi connectivity index (χ3v) is 7.19. The quantitative estimate of drug-likeness (QED) is 0.817. The van der Waals surface area contributed by atoms with Crippen molar-refractivity contribution in [3.63, 3.8) is 0 Å². The van der Waals surface area contributed by atoms with E-state index in [1.165, 1.54) is 6.42 Å². The molecule has 0 saturated heterocycles. The lowest BCUT2D eigenvalue weighted by Gasteiger charge is -2.34. The van der Waals surface area contributed by atoms with Crippen molar-refractivity contribution in [3.8, 4) is 0 Å². The van der Waals surface area contributed by atoms with Gasteiger partial charge in [-0.15, -0.1) is 0 Å². The molecule has 1 heterocycles. The van der Waals surface area contributed by atoms with Crippen molar-refractivity contribution >= 4 is 22.7 Å². The molecule has 2 bridgehead atoms. The first-order valence-electron chi connectivity index (χ1n) is 9.77. The van der Waals surface area contributed by atoms with Gasteiger partial charge in [0, 0.05) is 24.1 Å². The fourth-order valence-electron chi connectivity index (χ4n) is 4.91. The maximum absolute atomic E-state index is 12.2. The zero-order valence-electron chi connectivity index (χ0n) is 16.2. The molecule has 2 saturated carbocycles. The molecule has 1 aromatic carbocycles. The Morgan fingerprint density at radius 2 is 2.11 bits per heavy atom. The van der Waals surface area contributed by atoms with E-state index >= 15 is 0 Å². The Morgan fingerprint density at radius 3 is 2.81 bits per heavy atom.